The largest absolute Gasteiger partial charge is 0.461 e. The Bertz CT molecular complexity index is 1520. The van der Waals surface area contributed by atoms with Crippen LogP contribution in [0.15, 0.2) is 12.1 Å². The van der Waals surface area contributed by atoms with Crippen LogP contribution in [-0.4, -0.2) is 37.1 Å². The minimum Gasteiger partial charge on any atom is -0.461 e. The second-order valence-corrected chi connectivity index (χ2v) is 16.7. The molecule has 0 amide bonds. The van der Waals surface area contributed by atoms with Gasteiger partial charge >= 0.3 is 23.9 Å². The van der Waals surface area contributed by atoms with Gasteiger partial charge in [-0.3, -0.25) is 0 Å². The summed E-state index contributed by atoms with van der Waals surface area (Å²) >= 11 is 37.6. The molecule has 0 N–H and O–H groups in total. The van der Waals surface area contributed by atoms with E-state index in [1.54, 1.807) is 0 Å². The summed E-state index contributed by atoms with van der Waals surface area (Å²) in [5, 5.41) is -1.50. The van der Waals surface area contributed by atoms with E-state index in [9.17, 15) is 19.2 Å². The van der Waals surface area contributed by atoms with Gasteiger partial charge in [-0.1, -0.05) is 111 Å². The average molecular weight is 785 g/mol. The number of hydrogen-bond donors (Lipinski definition) is 0. The summed E-state index contributed by atoms with van der Waals surface area (Å²) in [4.78, 5) is 52.6. The van der Waals surface area contributed by atoms with E-state index in [2.05, 4.69) is 13.8 Å². The van der Waals surface area contributed by atoms with Crippen LogP contribution in [0, 0.1) is 34.5 Å². The van der Waals surface area contributed by atoms with Gasteiger partial charge in [-0.25, -0.2) is 19.2 Å². The molecule has 8 nitrogen and oxygen atoms in total. The van der Waals surface area contributed by atoms with Crippen LogP contribution in [0.2, 0.25) is 30.1 Å². The Morgan fingerprint density at radius 2 is 0.938 bits per heavy atom. The maximum absolute atomic E-state index is 13.3. The third-order valence-electron chi connectivity index (χ3n) is 8.59. The third-order valence-corrected chi connectivity index (χ3v) is 10.7. The molecule has 2 aromatic carbocycles. The maximum atomic E-state index is 13.3. The van der Waals surface area contributed by atoms with E-state index in [-0.39, 0.29) is 54.2 Å². The predicted octanol–water partition coefficient (Wildman–Crippen LogP) is 10.6. The lowest BCUT2D eigenvalue weighted by Gasteiger charge is -2.25. The summed E-state index contributed by atoms with van der Waals surface area (Å²) in [6.45, 7) is 12.2. The minimum atomic E-state index is -1.64. The molecular formula is C34H36Cl6O8. The van der Waals surface area contributed by atoms with Gasteiger partial charge in [0.15, 0.2) is 11.5 Å². The van der Waals surface area contributed by atoms with Crippen molar-refractivity contribution in [2.24, 2.45) is 34.5 Å². The highest BCUT2D eigenvalue weighted by Crippen LogP contribution is 2.47. The van der Waals surface area contributed by atoms with Crippen LogP contribution in [0.4, 0.5) is 0 Å². The number of carbonyl (C=O) groups excluding carboxylic acids is 4. The zero-order valence-electron chi connectivity index (χ0n) is 27.2. The number of carbonyl (C=O) groups is 4. The Balaban J connectivity index is 1.52. The Morgan fingerprint density at radius 3 is 1.23 bits per heavy atom. The SMILES string of the molecule is CC1CC1CC(C)(C)COC(=O)c1c(Cl)c(Cl)cc(Cl)c1OC(=O)C(=O)Oc1c(Cl)cc(Cl)c(Cl)c1C(=O)OCC(C)(C)CC1CC1C. The highest BCUT2D eigenvalue weighted by molar-refractivity contribution is 6.47. The lowest BCUT2D eigenvalue weighted by Crippen LogP contribution is -2.28. The van der Waals surface area contributed by atoms with Crippen LogP contribution >= 0.6 is 69.6 Å². The molecule has 4 atom stereocenters. The highest BCUT2D eigenvalue weighted by atomic mass is 35.5. The number of hydrogen-bond acceptors (Lipinski definition) is 8. The molecule has 14 heteroatoms. The first-order chi connectivity index (χ1) is 22.2. The molecule has 0 saturated heterocycles. The lowest BCUT2D eigenvalue weighted by atomic mass is 9.87. The van der Waals surface area contributed by atoms with E-state index in [4.69, 9.17) is 88.6 Å². The van der Waals surface area contributed by atoms with Crippen LogP contribution in [0.25, 0.3) is 0 Å². The molecule has 0 radical (unpaired) electrons. The first kappa shape index (κ1) is 38.9. The number of ether oxygens (including phenoxy) is 4. The van der Waals surface area contributed by atoms with Crippen LogP contribution < -0.4 is 9.47 Å². The van der Waals surface area contributed by atoms with Crippen LogP contribution in [0.1, 0.15) is 87.9 Å². The molecular weight excluding hydrogens is 749 g/mol. The van der Waals surface area contributed by atoms with Crippen molar-refractivity contribution in [2.75, 3.05) is 13.2 Å². The minimum absolute atomic E-state index is 0.0243. The zero-order valence-corrected chi connectivity index (χ0v) is 31.8. The van der Waals surface area contributed by atoms with Gasteiger partial charge in [0.1, 0.15) is 11.1 Å². The van der Waals surface area contributed by atoms with Crippen molar-refractivity contribution in [1.82, 2.24) is 0 Å². The molecule has 0 aliphatic heterocycles. The monoisotopic (exact) mass is 782 g/mol. The summed E-state index contributed by atoms with van der Waals surface area (Å²) in [5.41, 5.74) is -1.65. The van der Waals surface area contributed by atoms with Gasteiger partial charge in [0.25, 0.3) is 0 Å². The van der Waals surface area contributed by atoms with Crippen LogP contribution in [-0.2, 0) is 19.1 Å². The standard InChI is InChI=1S/C34H36Cl6O8/c1-15-7-17(15)11-33(3,4)13-45-29(41)23-25(39)19(35)9-21(37)27(23)47-31(43)32(44)48-28-22(38)10-20(36)26(40)24(28)30(42)46-14-34(5,6)12-18-8-16(18)2/h9-10,15-18H,7-8,11-14H2,1-6H3. The summed E-state index contributed by atoms with van der Waals surface area (Å²) in [6, 6.07) is 2.26. The molecule has 2 fully saturated rings. The first-order valence-electron chi connectivity index (χ1n) is 15.3. The number of esters is 4. The molecule has 262 valence electrons. The molecule has 2 saturated carbocycles. The normalized spacial score (nSPS) is 20.2. The number of halogens is 6. The van der Waals surface area contributed by atoms with Gasteiger partial charge < -0.3 is 18.9 Å². The van der Waals surface area contributed by atoms with E-state index in [0.29, 0.717) is 23.7 Å². The first-order valence-corrected chi connectivity index (χ1v) is 17.6. The average Bonchev–Trinajstić information content (AvgIpc) is 3.88. The quantitative estimate of drug-likeness (QED) is 0.0907. The van der Waals surface area contributed by atoms with E-state index >= 15 is 0 Å². The Labute approximate surface area is 309 Å². The summed E-state index contributed by atoms with van der Waals surface area (Å²) < 4.78 is 21.5. The van der Waals surface area contributed by atoms with Gasteiger partial charge in [0.05, 0.1) is 43.3 Å². The van der Waals surface area contributed by atoms with Crippen molar-refractivity contribution in [3.05, 3.63) is 53.4 Å². The second-order valence-electron chi connectivity index (χ2n) is 14.3. The van der Waals surface area contributed by atoms with Crippen molar-refractivity contribution < 1.29 is 38.1 Å². The molecule has 4 rings (SSSR count). The predicted molar refractivity (Wildman–Crippen MR) is 186 cm³/mol. The van der Waals surface area contributed by atoms with Gasteiger partial charge in [-0.15, -0.1) is 0 Å². The summed E-state index contributed by atoms with van der Waals surface area (Å²) in [7, 11) is 0. The Kier molecular flexibility index (Phi) is 12.2. The summed E-state index contributed by atoms with van der Waals surface area (Å²) in [6.07, 6.45) is 3.89. The molecule has 0 bridgehead atoms. The van der Waals surface area contributed by atoms with Crippen molar-refractivity contribution in [2.45, 2.75) is 67.2 Å². The molecule has 2 aliphatic carbocycles. The smallest absolute Gasteiger partial charge is 0.423 e. The third kappa shape index (κ3) is 9.64. The van der Waals surface area contributed by atoms with E-state index < -0.39 is 46.5 Å². The lowest BCUT2D eigenvalue weighted by molar-refractivity contribution is -0.156. The van der Waals surface area contributed by atoms with Crippen molar-refractivity contribution in [1.29, 1.82) is 0 Å². The Morgan fingerprint density at radius 1 is 0.625 bits per heavy atom. The topological polar surface area (TPSA) is 105 Å². The molecule has 48 heavy (non-hydrogen) atoms. The van der Waals surface area contributed by atoms with Gasteiger partial charge in [-0.2, -0.15) is 0 Å². The van der Waals surface area contributed by atoms with E-state index in [1.165, 1.54) is 0 Å². The van der Waals surface area contributed by atoms with Gasteiger partial charge in [0.2, 0.25) is 0 Å². The van der Waals surface area contributed by atoms with E-state index in [0.717, 1.165) is 37.8 Å². The van der Waals surface area contributed by atoms with Crippen LogP contribution in [0.3, 0.4) is 0 Å². The fourth-order valence-electron chi connectivity index (χ4n) is 5.56. The van der Waals surface area contributed by atoms with Gasteiger partial charge in [0, 0.05) is 0 Å². The van der Waals surface area contributed by atoms with Crippen molar-refractivity contribution in [3.63, 3.8) is 0 Å². The van der Waals surface area contributed by atoms with Crippen molar-refractivity contribution in [3.8, 4) is 11.5 Å². The molecule has 2 aliphatic rings. The molecule has 0 aromatic heterocycles. The molecule has 0 spiro atoms. The molecule has 0 heterocycles. The second kappa shape index (κ2) is 15.1. The Hall–Kier alpha value is -1.94. The number of benzene rings is 2. The van der Waals surface area contributed by atoms with Crippen molar-refractivity contribution >= 4 is 93.5 Å². The number of rotatable bonds is 12. The van der Waals surface area contributed by atoms with Gasteiger partial charge in [-0.05, 0) is 72.3 Å². The van der Waals surface area contributed by atoms with Crippen LogP contribution in [0.5, 0.6) is 11.5 Å². The highest BCUT2D eigenvalue weighted by Gasteiger charge is 2.40. The molecule has 2 aromatic rings. The summed E-state index contributed by atoms with van der Waals surface area (Å²) in [5.74, 6) is -4.11. The fraction of sp³-hybridized carbons (Fsp3) is 0.529. The maximum Gasteiger partial charge on any atom is 0.423 e. The fourth-order valence-corrected chi connectivity index (χ4v) is 7.00. The zero-order chi connectivity index (χ0) is 35.9. The molecule has 4 unspecified atom stereocenters. The van der Waals surface area contributed by atoms with E-state index in [1.807, 2.05) is 27.7 Å².